The Morgan fingerprint density at radius 3 is 2.69 bits per heavy atom. The van der Waals surface area contributed by atoms with E-state index in [-0.39, 0.29) is 16.3 Å². The molecule has 0 N–H and O–H groups in total. The van der Waals surface area contributed by atoms with Crippen molar-refractivity contribution in [3.05, 3.63) is 28.8 Å². The van der Waals surface area contributed by atoms with E-state index in [1.54, 1.807) is 0 Å². The molecule has 0 radical (unpaired) electrons. The van der Waals surface area contributed by atoms with Crippen LogP contribution in [-0.2, 0) is 0 Å². The van der Waals surface area contributed by atoms with Crippen molar-refractivity contribution in [1.29, 1.82) is 0 Å². The maximum absolute atomic E-state index is 11.8. The van der Waals surface area contributed by atoms with Gasteiger partial charge in [0.2, 0.25) is 0 Å². The summed E-state index contributed by atoms with van der Waals surface area (Å²) < 4.78 is 27.6. The number of rotatable bonds is 3. The van der Waals surface area contributed by atoms with Crippen LogP contribution >= 0.6 is 11.6 Å². The SMILES string of the molecule is O=Cc1cccc(OC(F)F)c1Cl. The number of aldehydes is 1. The van der Waals surface area contributed by atoms with E-state index in [0.717, 1.165) is 0 Å². The van der Waals surface area contributed by atoms with Gasteiger partial charge < -0.3 is 4.74 Å². The van der Waals surface area contributed by atoms with Crippen molar-refractivity contribution in [2.45, 2.75) is 6.61 Å². The average molecular weight is 207 g/mol. The molecule has 70 valence electrons. The largest absolute Gasteiger partial charge is 0.433 e. The monoisotopic (exact) mass is 206 g/mol. The van der Waals surface area contributed by atoms with Gasteiger partial charge in [0, 0.05) is 5.56 Å². The van der Waals surface area contributed by atoms with Crippen LogP contribution in [0.3, 0.4) is 0 Å². The van der Waals surface area contributed by atoms with E-state index in [2.05, 4.69) is 4.74 Å². The van der Waals surface area contributed by atoms with Crippen LogP contribution in [-0.4, -0.2) is 12.9 Å². The molecule has 0 atom stereocenters. The van der Waals surface area contributed by atoms with Gasteiger partial charge in [-0.3, -0.25) is 4.79 Å². The lowest BCUT2D eigenvalue weighted by Gasteiger charge is -2.06. The Kier molecular flexibility index (Phi) is 3.19. The van der Waals surface area contributed by atoms with Gasteiger partial charge in [0.1, 0.15) is 5.75 Å². The first kappa shape index (κ1) is 9.92. The summed E-state index contributed by atoms with van der Waals surface area (Å²) in [6.45, 7) is -2.94. The van der Waals surface area contributed by atoms with Gasteiger partial charge in [-0.1, -0.05) is 17.7 Å². The van der Waals surface area contributed by atoms with Crippen LogP contribution < -0.4 is 4.74 Å². The number of benzene rings is 1. The maximum Gasteiger partial charge on any atom is 0.387 e. The standard InChI is InChI=1S/C8H5ClF2O2/c9-7-5(4-12)2-1-3-6(7)13-8(10)11/h1-4,8H. The average Bonchev–Trinajstić information content (AvgIpc) is 2.08. The van der Waals surface area contributed by atoms with Crippen LogP contribution in [0.5, 0.6) is 5.75 Å². The third-order valence-electron chi connectivity index (χ3n) is 1.34. The third-order valence-corrected chi connectivity index (χ3v) is 1.74. The van der Waals surface area contributed by atoms with E-state index >= 15 is 0 Å². The van der Waals surface area contributed by atoms with Crippen molar-refractivity contribution in [2.75, 3.05) is 0 Å². The van der Waals surface area contributed by atoms with E-state index in [4.69, 9.17) is 11.6 Å². The Hall–Kier alpha value is -1.16. The topological polar surface area (TPSA) is 26.3 Å². The van der Waals surface area contributed by atoms with E-state index in [1.807, 2.05) is 0 Å². The summed E-state index contributed by atoms with van der Waals surface area (Å²) in [6, 6.07) is 4.09. The molecule has 0 heterocycles. The van der Waals surface area contributed by atoms with Crippen molar-refractivity contribution in [1.82, 2.24) is 0 Å². The highest BCUT2D eigenvalue weighted by Crippen LogP contribution is 2.28. The highest BCUT2D eigenvalue weighted by atomic mass is 35.5. The van der Waals surface area contributed by atoms with Crippen molar-refractivity contribution >= 4 is 17.9 Å². The molecule has 0 amide bonds. The Bertz CT molecular complexity index is 315. The second-order valence-electron chi connectivity index (χ2n) is 2.16. The number of alkyl halides is 2. The van der Waals surface area contributed by atoms with E-state index in [0.29, 0.717) is 6.29 Å². The minimum absolute atomic E-state index is 0.0993. The molecule has 0 aliphatic heterocycles. The van der Waals surface area contributed by atoms with Gasteiger partial charge in [-0.25, -0.2) is 0 Å². The van der Waals surface area contributed by atoms with E-state index < -0.39 is 6.61 Å². The van der Waals surface area contributed by atoms with Crippen molar-refractivity contribution in [3.8, 4) is 5.75 Å². The molecule has 1 aromatic carbocycles. The van der Waals surface area contributed by atoms with Gasteiger partial charge in [0.05, 0.1) is 5.02 Å². The second-order valence-corrected chi connectivity index (χ2v) is 2.53. The summed E-state index contributed by atoms with van der Waals surface area (Å²) in [4.78, 5) is 10.3. The van der Waals surface area contributed by atoms with E-state index in [1.165, 1.54) is 18.2 Å². The van der Waals surface area contributed by atoms with E-state index in [9.17, 15) is 13.6 Å². The summed E-state index contributed by atoms with van der Waals surface area (Å²) in [5.41, 5.74) is 0.125. The lowest BCUT2D eigenvalue weighted by molar-refractivity contribution is -0.0498. The predicted molar refractivity (Wildman–Crippen MR) is 43.5 cm³/mol. The summed E-state index contributed by atoms with van der Waals surface area (Å²) in [5.74, 6) is -0.193. The molecule has 1 rings (SSSR count). The van der Waals surface area contributed by atoms with Gasteiger partial charge in [-0.15, -0.1) is 0 Å². The second kappa shape index (κ2) is 4.18. The normalized spacial score (nSPS) is 10.2. The van der Waals surface area contributed by atoms with Gasteiger partial charge in [0.15, 0.2) is 6.29 Å². The van der Waals surface area contributed by atoms with Crippen LogP contribution in [0.15, 0.2) is 18.2 Å². The highest BCUT2D eigenvalue weighted by molar-refractivity contribution is 6.34. The molecule has 13 heavy (non-hydrogen) atoms. The zero-order chi connectivity index (χ0) is 9.84. The fourth-order valence-corrected chi connectivity index (χ4v) is 1.02. The van der Waals surface area contributed by atoms with Crippen LogP contribution in [0.4, 0.5) is 8.78 Å². The third kappa shape index (κ3) is 2.39. The first-order valence-electron chi connectivity index (χ1n) is 3.33. The van der Waals surface area contributed by atoms with Crippen molar-refractivity contribution in [3.63, 3.8) is 0 Å². The smallest absolute Gasteiger partial charge is 0.387 e. The summed E-state index contributed by atoms with van der Waals surface area (Å²) in [5, 5.41) is -0.0993. The number of hydrogen-bond acceptors (Lipinski definition) is 2. The van der Waals surface area contributed by atoms with Gasteiger partial charge >= 0.3 is 6.61 Å². The van der Waals surface area contributed by atoms with Crippen molar-refractivity contribution in [2.24, 2.45) is 0 Å². The van der Waals surface area contributed by atoms with Crippen LogP contribution in [0.25, 0.3) is 0 Å². The Labute approximate surface area is 78.1 Å². The number of halogens is 3. The van der Waals surface area contributed by atoms with Crippen LogP contribution in [0.1, 0.15) is 10.4 Å². The Morgan fingerprint density at radius 1 is 1.46 bits per heavy atom. The fourth-order valence-electron chi connectivity index (χ4n) is 0.806. The van der Waals surface area contributed by atoms with Gasteiger partial charge in [-0.2, -0.15) is 8.78 Å². The number of carbonyl (C=O) groups is 1. The molecule has 0 aromatic heterocycles. The predicted octanol–water partition coefficient (Wildman–Crippen LogP) is 2.75. The summed E-state index contributed by atoms with van der Waals surface area (Å²) >= 11 is 5.56. The molecule has 5 heteroatoms. The molecular weight excluding hydrogens is 202 g/mol. The van der Waals surface area contributed by atoms with Gasteiger partial charge in [0.25, 0.3) is 0 Å². The first-order chi connectivity index (χ1) is 6.15. The highest BCUT2D eigenvalue weighted by Gasteiger charge is 2.10. The zero-order valence-corrected chi connectivity index (χ0v) is 7.09. The molecular formula is C8H5ClF2O2. The lowest BCUT2D eigenvalue weighted by Crippen LogP contribution is -2.02. The Morgan fingerprint density at radius 2 is 2.15 bits per heavy atom. The van der Waals surface area contributed by atoms with Crippen LogP contribution in [0, 0.1) is 0 Å². The maximum atomic E-state index is 11.8. The number of carbonyl (C=O) groups excluding carboxylic acids is 1. The molecule has 0 fully saturated rings. The Balaban J connectivity index is 3.01. The number of hydrogen-bond donors (Lipinski definition) is 0. The summed E-state index contributed by atoms with van der Waals surface area (Å²) in [6.07, 6.45) is 0.473. The van der Waals surface area contributed by atoms with Gasteiger partial charge in [-0.05, 0) is 12.1 Å². The van der Waals surface area contributed by atoms with Crippen LogP contribution in [0.2, 0.25) is 5.02 Å². The molecule has 0 aliphatic carbocycles. The molecule has 0 saturated heterocycles. The molecule has 0 spiro atoms. The minimum atomic E-state index is -2.94. The zero-order valence-electron chi connectivity index (χ0n) is 6.34. The molecule has 1 aromatic rings. The molecule has 0 saturated carbocycles. The number of ether oxygens (including phenoxy) is 1. The quantitative estimate of drug-likeness (QED) is 0.711. The lowest BCUT2D eigenvalue weighted by atomic mass is 10.2. The molecule has 0 unspecified atom stereocenters. The van der Waals surface area contributed by atoms with Crippen molar-refractivity contribution < 1.29 is 18.3 Å². The first-order valence-corrected chi connectivity index (χ1v) is 3.71. The molecule has 0 aliphatic rings. The summed E-state index contributed by atoms with van der Waals surface area (Å²) in [7, 11) is 0. The minimum Gasteiger partial charge on any atom is -0.433 e. The molecule has 0 bridgehead atoms. The molecule has 2 nitrogen and oxygen atoms in total. The fraction of sp³-hybridized carbons (Fsp3) is 0.125.